The number of fused-ring (bicyclic) bond motifs is 1. The maximum absolute atomic E-state index is 11.6. The van der Waals surface area contributed by atoms with Gasteiger partial charge in [-0.3, -0.25) is 19.1 Å². The minimum Gasteiger partial charge on any atom is -0.463 e. The first-order valence-electron chi connectivity index (χ1n) is 7.66. The highest BCUT2D eigenvalue weighted by atomic mass is 16.6. The van der Waals surface area contributed by atoms with Crippen molar-refractivity contribution in [1.29, 1.82) is 0 Å². The fourth-order valence-corrected chi connectivity index (χ4v) is 2.07. The lowest BCUT2D eigenvalue weighted by Gasteiger charge is -2.07. The predicted molar refractivity (Wildman–Crippen MR) is 85.0 cm³/mol. The number of nitrogens with zero attached hydrogens (tertiary/aromatic N) is 3. The van der Waals surface area contributed by atoms with Gasteiger partial charge in [-0.1, -0.05) is 6.42 Å². The number of carbonyl (C=O) groups is 1. The van der Waals surface area contributed by atoms with Crippen molar-refractivity contribution in [3.05, 3.63) is 16.7 Å². The Kier molecular flexibility index (Phi) is 6.70. The highest BCUT2D eigenvalue weighted by Gasteiger charge is 2.09. The van der Waals surface area contributed by atoms with Crippen molar-refractivity contribution in [2.24, 2.45) is 0 Å². The van der Waals surface area contributed by atoms with Crippen LogP contribution < -0.4 is 11.3 Å². The van der Waals surface area contributed by atoms with Crippen molar-refractivity contribution in [2.45, 2.75) is 32.4 Å². The first kappa shape index (κ1) is 17.9. The van der Waals surface area contributed by atoms with Gasteiger partial charge in [-0.25, -0.2) is 4.98 Å². The van der Waals surface area contributed by atoms with Crippen LogP contribution in [0.5, 0.6) is 0 Å². The summed E-state index contributed by atoms with van der Waals surface area (Å²) in [6.45, 7) is 0.598. The van der Waals surface area contributed by atoms with Crippen LogP contribution in [0.15, 0.2) is 11.1 Å². The molecule has 0 atom stereocenters. The molecule has 2 rings (SSSR count). The Balaban J connectivity index is 1.70. The summed E-state index contributed by atoms with van der Waals surface area (Å²) < 4.78 is 11.9. The van der Waals surface area contributed by atoms with E-state index in [4.69, 9.17) is 20.3 Å². The lowest BCUT2D eigenvalue weighted by atomic mass is 10.2. The van der Waals surface area contributed by atoms with E-state index in [0.29, 0.717) is 24.9 Å². The van der Waals surface area contributed by atoms with Gasteiger partial charge in [0.1, 0.15) is 13.3 Å². The zero-order chi connectivity index (χ0) is 17.4. The molecule has 0 radical (unpaired) electrons. The number of esters is 1. The van der Waals surface area contributed by atoms with E-state index in [0.717, 1.165) is 6.42 Å². The quantitative estimate of drug-likeness (QED) is 0.397. The van der Waals surface area contributed by atoms with E-state index in [9.17, 15) is 9.59 Å². The normalized spacial score (nSPS) is 11.0. The average molecular weight is 339 g/mol. The molecule has 0 aliphatic carbocycles. The highest BCUT2D eigenvalue weighted by Crippen LogP contribution is 2.06. The lowest BCUT2D eigenvalue weighted by Crippen LogP contribution is -2.14. The van der Waals surface area contributed by atoms with E-state index in [1.54, 1.807) is 0 Å². The maximum atomic E-state index is 11.6. The standard InChI is InChI=1S/C14H21N5O5/c15-14-17-12-11(13(22)18-14)16-8-19(12)9-23-6-7-24-10(21)4-2-1-3-5-20/h8,20H,1-7,9H2,(H3,15,17,18,22). The number of ether oxygens (including phenoxy) is 2. The van der Waals surface area contributed by atoms with E-state index >= 15 is 0 Å². The summed E-state index contributed by atoms with van der Waals surface area (Å²) in [6, 6.07) is 0. The number of aliphatic hydroxyl groups excluding tert-OH is 1. The fraction of sp³-hybridized carbons (Fsp3) is 0.571. The topological polar surface area (TPSA) is 145 Å². The number of carbonyl (C=O) groups excluding carboxylic acids is 1. The summed E-state index contributed by atoms with van der Waals surface area (Å²) >= 11 is 0. The molecule has 0 unspecified atom stereocenters. The van der Waals surface area contributed by atoms with Gasteiger partial charge >= 0.3 is 5.97 Å². The number of unbranched alkanes of at least 4 members (excludes halogenated alkanes) is 2. The second kappa shape index (κ2) is 8.99. The van der Waals surface area contributed by atoms with Gasteiger partial charge in [-0.05, 0) is 12.8 Å². The molecule has 0 amide bonds. The fourth-order valence-electron chi connectivity index (χ4n) is 2.07. The second-order valence-corrected chi connectivity index (χ2v) is 5.13. The molecule has 0 saturated carbocycles. The smallest absolute Gasteiger partial charge is 0.305 e. The summed E-state index contributed by atoms with van der Waals surface area (Å²) in [7, 11) is 0. The molecule has 132 valence electrons. The molecule has 0 saturated heterocycles. The van der Waals surface area contributed by atoms with Crippen LogP contribution in [-0.2, 0) is 21.0 Å². The minimum absolute atomic E-state index is 0.00405. The van der Waals surface area contributed by atoms with E-state index in [1.807, 2.05) is 0 Å². The average Bonchev–Trinajstić information content (AvgIpc) is 2.94. The molecule has 0 aliphatic heterocycles. The van der Waals surface area contributed by atoms with Gasteiger partial charge in [0.25, 0.3) is 5.56 Å². The van der Waals surface area contributed by atoms with Gasteiger partial charge in [-0.2, -0.15) is 4.98 Å². The molecule has 0 aromatic carbocycles. The Morgan fingerprint density at radius 3 is 2.96 bits per heavy atom. The number of aromatic nitrogens is 4. The van der Waals surface area contributed by atoms with Crippen molar-refractivity contribution < 1.29 is 19.4 Å². The van der Waals surface area contributed by atoms with E-state index < -0.39 is 5.56 Å². The SMILES string of the molecule is Nc1nc2c(ncn2COCCOC(=O)CCCCCO)c(=O)[nH]1. The van der Waals surface area contributed by atoms with Crippen molar-refractivity contribution in [3.8, 4) is 0 Å². The third-order valence-electron chi connectivity index (χ3n) is 3.25. The van der Waals surface area contributed by atoms with Crippen molar-refractivity contribution in [3.63, 3.8) is 0 Å². The number of imidazole rings is 1. The van der Waals surface area contributed by atoms with Gasteiger partial charge in [-0.15, -0.1) is 0 Å². The summed E-state index contributed by atoms with van der Waals surface area (Å²) in [4.78, 5) is 33.4. The van der Waals surface area contributed by atoms with Crippen LogP contribution in [0.25, 0.3) is 11.2 Å². The number of hydrogen-bond acceptors (Lipinski definition) is 8. The molecule has 2 heterocycles. The van der Waals surface area contributed by atoms with Crippen molar-refractivity contribution >= 4 is 23.1 Å². The predicted octanol–water partition coefficient (Wildman–Crippen LogP) is -0.228. The third-order valence-corrected chi connectivity index (χ3v) is 3.25. The molecule has 0 bridgehead atoms. The van der Waals surface area contributed by atoms with Crippen LogP contribution in [0.3, 0.4) is 0 Å². The lowest BCUT2D eigenvalue weighted by molar-refractivity contribution is -0.145. The van der Waals surface area contributed by atoms with Crippen molar-refractivity contribution in [1.82, 2.24) is 19.5 Å². The molecule has 2 aromatic heterocycles. The Morgan fingerprint density at radius 1 is 1.33 bits per heavy atom. The number of hydrogen-bond donors (Lipinski definition) is 3. The van der Waals surface area contributed by atoms with Gasteiger partial charge < -0.3 is 20.3 Å². The van der Waals surface area contributed by atoms with Crippen LogP contribution >= 0.6 is 0 Å². The van der Waals surface area contributed by atoms with E-state index in [2.05, 4.69) is 15.0 Å². The third kappa shape index (κ3) is 5.03. The monoisotopic (exact) mass is 339 g/mol. The molecular formula is C14H21N5O5. The molecule has 0 spiro atoms. The van der Waals surface area contributed by atoms with Gasteiger partial charge in [0.15, 0.2) is 11.2 Å². The van der Waals surface area contributed by atoms with Crippen LogP contribution in [-0.4, -0.2) is 50.4 Å². The second-order valence-electron chi connectivity index (χ2n) is 5.13. The summed E-state index contributed by atoms with van der Waals surface area (Å²) in [6.07, 6.45) is 3.95. The first-order chi connectivity index (χ1) is 11.6. The maximum Gasteiger partial charge on any atom is 0.305 e. The van der Waals surface area contributed by atoms with Gasteiger partial charge in [0, 0.05) is 13.0 Å². The van der Waals surface area contributed by atoms with Crippen LogP contribution in [0.4, 0.5) is 5.95 Å². The highest BCUT2D eigenvalue weighted by molar-refractivity contribution is 5.70. The Morgan fingerprint density at radius 2 is 2.17 bits per heavy atom. The van der Waals surface area contributed by atoms with E-state index in [1.165, 1.54) is 10.9 Å². The number of aromatic amines is 1. The number of aliphatic hydroxyl groups is 1. The summed E-state index contributed by atoms with van der Waals surface area (Å²) in [5.41, 5.74) is 5.60. The minimum atomic E-state index is -0.411. The number of nitrogens with one attached hydrogen (secondary N) is 1. The Labute approximate surface area is 137 Å². The number of rotatable bonds is 10. The summed E-state index contributed by atoms with van der Waals surface area (Å²) in [5, 5.41) is 8.64. The van der Waals surface area contributed by atoms with Crippen LogP contribution in [0.1, 0.15) is 25.7 Å². The van der Waals surface area contributed by atoms with Gasteiger partial charge in [0.05, 0.1) is 12.9 Å². The van der Waals surface area contributed by atoms with Gasteiger partial charge in [0.2, 0.25) is 5.95 Å². The Hall–Kier alpha value is -2.46. The molecule has 0 fully saturated rings. The van der Waals surface area contributed by atoms with Crippen LogP contribution in [0, 0.1) is 0 Å². The van der Waals surface area contributed by atoms with Crippen molar-refractivity contribution in [2.75, 3.05) is 25.6 Å². The summed E-state index contributed by atoms with van der Waals surface area (Å²) in [5.74, 6) is -0.282. The zero-order valence-electron chi connectivity index (χ0n) is 13.2. The largest absolute Gasteiger partial charge is 0.463 e. The molecule has 24 heavy (non-hydrogen) atoms. The first-order valence-corrected chi connectivity index (χ1v) is 7.66. The molecule has 4 N–H and O–H groups in total. The van der Waals surface area contributed by atoms with Crippen LogP contribution in [0.2, 0.25) is 0 Å². The van der Waals surface area contributed by atoms with E-state index in [-0.39, 0.29) is 44.0 Å². The number of nitrogen functional groups attached to an aromatic ring is 1. The number of nitrogens with two attached hydrogens (primary N) is 1. The molecule has 0 aliphatic rings. The Bertz CT molecular complexity index is 726. The number of anilines is 1. The molecule has 10 nitrogen and oxygen atoms in total. The molecule has 10 heteroatoms. The zero-order valence-corrected chi connectivity index (χ0v) is 13.2. The molecule has 2 aromatic rings. The number of H-pyrrole nitrogens is 1. The molecular weight excluding hydrogens is 318 g/mol.